The zero-order valence-electron chi connectivity index (χ0n) is 21.5. The summed E-state index contributed by atoms with van der Waals surface area (Å²) in [4.78, 5) is 30.3. The highest BCUT2D eigenvalue weighted by atomic mass is 16.5. The van der Waals surface area contributed by atoms with Gasteiger partial charge in [0.1, 0.15) is 17.3 Å². The van der Waals surface area contributed by atoms with Crippen molar-refractivity contribution in [1.29, 1.82) is 0 Å². The van der Waals surface area contributed by atoms with E-state index in [1.165, 1.54) is 0 Å². The van der Waals surface area contributed by atoms with Crippen LogP contribution in [-0.2, 0) is 9.59 Å². The first-order valence-corrected chi connectivity index (χ1v) is 12.1. The SMILES string of the molecule is CCN(CC)CCN1C(=O)C(=O)/C(=C(/O)c2ccc(OC)c(C)c2)C1c1cccc(OC(C)C)c1. The molecule has 1 atom stereocenters. The van der Waals surface area contributed by atoms with Gasteiger partial charge in [0.2, 0.25) is 0 Å². The molecule has 0 aromatic heterocycles. The van der Waals surface area contributed by atoms with Crippen molar-refractivity contribution in [2.45, 2.75) is 46.8 Å². The average Bonchev–Trinajstić information content (AvgIpc) is 3.09. The second kappa shape index (κ2) is 11.4. The van der Waals surface area contributed by atoms with Gasteiger partial charge in [-0.2, -0.15) is 0 Å². The number of carbonyl (C=O) groups excluding carboxylic acids is 2. The molecule has 2 aromatic carbocycles. The summed E-state index contributed by atoms with van der Waals surface area (Å²) < 4.78 is 11.2. The van der Waals surface area contributed by atoms with Gasteiger partial charge in [0.05, 0.1) is 24.8 Å². The normalized spacial score (nSPS) is 17.5. The fraction of sp³-hybridized carbons (Fsp3) is 0.429. The van der Waals surface area contributed by atoms with Crippen molar-refractivity contribution < 1.29 is 24.2 Å². The number of hydrogen-bond donors (Lipinski definition) is 1. The Morgan fingerprint density at radius 3 is 2.43 bits per heavy atom. The molecule has 1 aliphatic heterocycles. The van der Waals surface area contributed by atoms with Crippen LogP contribution < -0.4 is 9.47 Å². The predicted octanol–water partition coefficient (Wildman–Crippen LogP) is 4.55. The number of aryl methyl sites for hydroxylation is 1. The van der Waals surface area contributed by atoms with Crippen molar-refractivity contribution in [2.75, 3.05) is 33.3 Å². The number of benzene rings is 2. The van der Waals surface area contributed by atoms with Gasteiger partial charge in [0.25, 0.3) is 11.7 Å². The van der Waals surface area contributed by atoms with Crippen LogP contribution in [0.3, 0.4) is 0 Å². The number of ketones is 1. The summed E-state index contributed by atoms with van der Waals surface area (Å²) in [5.41, 5.74) is 2.08. The summed E-state index contributed by atoms with van der Waals surface area (Å²) in [5, 5.41) is 11.3. The van der Waals surface area contributed by atoms with Gasteiger partial charge in [-0.25, -0.2) is 0 Å². The molecule has 0 spiro atoms. The topological polar surface area (TPSA) is 79.3 Å². The Morgan fingerprint density at radius 2 is 1.83 bits per heavy atom. The fourth-order valence-electron chi connectivity index (χ4n) is 4.46. The number of nitrogens with zero attached hydrogens (tertiary/aromatic N) is 2. The van der Waals surface area contributed by atoms with E-state index in [9.17, 15) is 14.7 Å². The molecular formula is C28H36N2O5. The van der Waals surface area contributed by atoms with E-state index >= 15 is 0 Å². The Hall–Kier alpha value is -3.32. The van der Waals surface area contributed by atoms with Gasteiger partial charge >= 0.3 is 0 Å². The molecule has 35 heavy (non-hydrogen) atoms. The number of hydrogen-bond acceptors (Lipinski definition) is 6. The molecule has 0 saturated carbocycles. The van der Waals surface area contributed by atoms with Crippen molar-refractivity contribution in [3.05, 3.63) is 64.7 Å². The molecule has 1 amide bonds. The zero-order valence-corrected chi connectivity index (χ0v) is 21.5. The molecule has 3 rings (SSSR count). The van der Waals surface area contributed by atoms with Crippen molar-refractivity contribution in [2.24, 2.45) is 0 Å². The molecule has 0 bridgehead atoms. The van der Waals surface area contributed by atoms with Gasteiger partial charge in [-0.3, -0.25) is 9.59 Å². The lowest BCUT2D eigenvalue weighted by Gasteiger charge is -2.28. The molecule has 7 nitrogen and oxygen atoms in total. The number of aliphatic hydroxyl groups is 1. The maximum Gasteiger partial charge on any atom is 0.295 e. The lowest BCUT2D eigenvalue weighted by Crippen LogP contribution is -2.38. The van der Waals surface area contributed by atoms with Gasteiger partial charge in [-0.05, 0) is 75.3 Å². The van der Waals surface area contributed by atoms with E-state index < -0.39 is 17.7 Å². The summed E-state index contributed by atoms with van der Waals surface area (Å²) in [5.74, 6) is -0.164. The van der Waals surface area contributed by atoms with Crippen molar-refractivity contribution in [3.8, 4) is 11.5 Å². The molecule has 1 fully saturated rings. The van der Waals surface area contributed by atoms with Crippen molar-refractivity contribution >= 4 is 17.4 Å². The van der Waals surface area contributed by atoms with E-state index in [-0.39, 0.29) is 17.4 Å². The Kier molecular flexibility index (Phi) is 8.57. The van der Waals surface area contributed by atoms with Crippen LogP contribution in [0.2, 0.25) is 0 Å². The maximum atomic E-state index is 13.3. The minimum Gasteiger partial charge on any atom is -0.507 e. The van der Waals surface area contributed by atoms with Crippen LogP contribution in [0.5, 0.6) is 11.5 Å². The molecule has 7 heteroatoms. The average molecular weight is 481 g/mol. The molecule has 0 aliphatic carbocycles. The number of methoxy groups -OCH3 is 1. The Bertz CT molecular complexity index is 1100. The first kappa shape index (κ1) is 26.3. The molecule has 1 unspecified atom stereocenters. The Labute approximate surface area is 207 Å². The molecule has 1 N–H and O–H groups in total. The number of likely N-dealkylation sites (tertiary alicyclic amines) is 1. The van der Waals surface area contributed by atoms with Crippen LogP contribution in [0.25, 0.3) is 5.76 Å². The minimum atomic E-state index is -0.719. The summed E-state index contributed by atoms with van der Waals surface area (Å²) in [7, 11) is 1.58. The highest BCUT2D eigenvalue weighted by Crippen LogP contribution is 2.40. The third kappa shape index (κ3) is 5.68. The largest absolute Gasteiger partial charge is 0.507 e. The highest BCUT2D eigenvalue weighted by Gasteiger charge is 2.46. The number of ether oxygens (including phenoxy) is 2. The smallest absolute Gasteiger partial charge is 0.295 e. The number of amides is 1. The number of aliphatic hydroxyl groups excluding tert-OH is 1. The monoisotopic (exact) mass is 480 g/mol. The first-order chi connectivity index (χ1) is 16.7. The van der Waals surface area contributed by atoms with Gasteiger partial charge in [0, 0.05) is 18.7 Å². The standard InChI is InChI=1S/C28H36N2O5/c1-7-29(8-2)14-15-30-25(20-10-9-11-22(17-20)35-18(3)4)24(27(32)28(30)33)26(31)21-12-13-23(34-6)19(5)16-21/h9-13,16-18,25,31H,7-8,14-15H2,1-6H3/b26-24+. The van der Waals surface area contributed by atoms with Crippen LogP contribution in [0.15, 0.2) is 48.0 Å². The summed E-state index contributed by atoms with van der Waals surface area (Å²) in [6.07, 6.45) is -0.0263. The van der Waals surface area contributed by atoms with E-state index in [0.717, 1.165) is 18.7 Å². The second-order valence-corrected chi connectivity index (χ2v) is 8.94. The predicted molar refractivity (Wildman–Crippen MR) is 137 cm³/mol. The van der Waals surface area contributed by atoms with Crippen LogP contribution in [0, 0.1) is 6.92 Å². The lowest BCUT2D eigenvalue weighted by atomic mass is 9.94. The quantitative estimate of drug-likeness (QED) is 0.305. The first-order valence-electron chi connectivity index (χ1n) is 12.1. The molecular weight excluding hydrogens is 444 g/mol. The maximum absolute atomic E-state index is 13.3. The summed E-state index contributed by atoms with van der Waals surface area (Å²) >= 11 is 0. The fourth-order valence-corrected chi connectivity index (χ4v) is 4.46. The van der Waals surface area contributed by atoms with E-state index in [2.05, 4.69) is 18.7 Å². The molecule has 1 aliphatic rings. The molecule has 2 aromatic rings. The van der Waals surface area contributed by atoms with Crippen LogP contribution in [-0.4, -0.2) is 66.0 Å². The second-order valence-electron chi connectivity index (χ2n) is 8.94. The van der Waals surface area contributed by atoms with Crippen molar-refractivity contribution in [1.82, 2.24) is 9.80 Å². The Balaban J connectivity index is 2.13. The van der Waals surface area contributed by atoms with Gasteiger partial charge < -0.3 is 24.4 Å². The zero-order chi connectivity index (χ0) is 25.7. The lowest BCUT2D eigenvalue weighted by molar-refractivity contribution is -0.140. The molecule has 1 saturated heterocycles. The van der Waals surface area contributed by atoms with E-state index in [1.807, 2.05) is 45.0 Å². The number of carbonyl (C=O) groups is 2. The summed E-state index contributed by atoms with van der Waals surface area (Å²) in [6, 6.07) is 11.9. The minimum absolute atomic E-state index is 0.0263. The molecule has 188 valence electrons. The van der Waals surface area contributed by atoms with Crippen LogP contribution >= 0.6 is 0 Å². The number of likely N-dealkylation sites (N-methyl/N-ethyl adjacent to an activating group) is 1. The number of rotatable bonds is 10. The van der Waals surface area contributed by atoms with E-state index in [4.69, 9.17) is 9.47 Å². The van der Waals surface area contributed by atoms with Crippen LogP contribution in [0.4, 0.5) is 0 Å². The van der Waals surface area contributed by atoms with Gasteiger partial charge in [0.15, 0.2) is 0 Å². The van der Waals surface area contributed by atoms with Gasteiger partial charge in [-0.15, -0.1) is 0 Å². The van der Waals surface area contributed by atoms with Crippen molar-refractivity contribution in [3.63, 3.8) is 0 Å². The van der Waals surface area contributed by atoms with E-state index in [1.54, 1.807) is 30.2 Å². The highest BCUT2D eigenvalue weighted by molar-refractivity contribution is 6.46. The third-order valence-electron chi connectivity index (χ3n) is 6.31. The summed E-state index contributed by atoms with van der Waals surface area (Å²) in [6.45, 7) is 12.5. The van der Waals surface area contributed by atoms with Gasteiger partial charge in [-0.1, -0.05) is 26.0 Å². The molecule has 0 radical (unpaired) electrons. The van der Waals surface area contributed by atoms with Crippen LogP contribution in [0.1, 0.15) is 50.4 Å². The number of Topliss-reactive ketones (excluding diaryl/α,β-unsaturated/α-hetero) is 1. The molecule has 1 heterocycles. The Morgan fingerprint density at radius 1 is 1.11 bits per heavy atom. The third-order valence-corrected chi connectivity index (χ3v) is 6.31. The van der Waals surface area contributed by atoms with E-state index in [0.29, 0.717) is 35.7 Å².